The molecule has 0 heterocycles. The smallest absolute Gasteiger partial charge is 0.311 e. The zero-order chi connectivity index (χ0) is 63.1. The summed E-state index contributed by atoms with van der Waals surface area (Å²) in [6.45, 7) is 24.5. The lowest BCUT2D eigenvalue weighted by Gasteiger charge is -2.42. The van der Waals surface area contributed by atoms with Crippen molar-refractivity contribution in [3.8, 4) is 0 Å². The van der Waals surface area contributed by atoms with Crippen LogP contribution in [0.3, 0.4) is 0 Å². The monoisotopic (exact) mass is 1380 g/mol. The van der Waals surface area contributed by atoms with Gasteiger partial charge in [0.05, 0.1) is 34.0 Å². The third-order valence-corrected chi connectivity index (χ3v) is 30.0. The molecule has 0 saturated heterocycles. The fraction of sp³-hybridized carbons (Fsp3) is 0.930. The number of hydrogen-bond donors (Lipinski definition) is 0. The molecule has 0 N–H and O–H groups in total. The number of esters is 6. The normalized spacial score (nSPS) is 39.6. The van der Waals surface area contributed by atoms with E-state index in [1.54, 1.807) is 0 Å². The number of rotatable bonds is 16. The average molecular weight is 1380 g/mol. The molecule has 12 bridgehead atoms. The van der Waals surface area contributed by atoms with Crippen LogP contribution < -0.4 is 0 Å². The summed E-state index contributed by atoms with van der Waals surface area (Å²) in [5, 5.41) is 0. The van der Waals surface area contributed by atoms with Gasteiger partial charge in [-0.25, -0.2) is 0 Å². The first-order valence-corrected chi connectivity index (χ1v) is 37.5. The summed E-state index contributed by atoms with van der Waals surface area (Å²) in [6, 6.07) is 0. The Bertz CT molecular complexity index is 2670. The molecule has 0 spiro atoms. The minimum absolute atomic E-state index is 0. The van der Waals surface area contributed by atoms with Gasteiger partial charge in [0.15, 0.2) is 0 Å². The van der Waals surface area contributed by atoms with Gasteiger partial charge < -0.3 is 28.4 Å². The van der Waals surface area contributed by atoms with Crippen LogP contribution in [0.1, 0.15) is 336 Å². The lowest BCUT2D eigenvalue weighted by atomic mass is 9.66. The standard InChI is InChI=1S/2C26H40O4.C25H38O4.9CH4/c1-5-25(2,3)24(28)29-20-14-16-13-19(20)22-17-11-15(21(16)22)12-18(17)23(27)30-26(4)9-7-6-8-10-26;1-5-25(3,4)24(28)29-20-14-16-13-19(20)22-17-11-15(21(16)22)12-18(17)23(27)30-26(6-2)9-7-8-10-26;1-5-24(2,3)23(27)28-19-13-15-12-18(19)21-16-10-14(20(15)21)11-17(16)22(26)29-25(4)8-6-7-9-25;;;;;;;;;/h2*15-22H,5-14H2,1-4H3;14-21H,5-13H2,1-4H3;9*1H4. The van der Waals surface area contributed by atoms with E-state index < -0.39 is 16.2 Å². The van der Waals surface area contributed by atoms with Crippen LogP contribution in [0.25, 0.3) is 0 Å². The van der Waals surface area contributed by atoms with E-state index >= 15 is 0 Å². The highest BCUT2D eigenvalue weighted by molar-refractivity contribution is 5.78. The summed E-state index contributed by atoms with van der Waals surface area (Å²) in [5.74, 6) is 11.3. The van der Waals surface area contributed by atoms with Gasteiger partial charge >= 0.3 is 35.8 Å². The number of carbonyl (C=O) groups is 6. The van der Waals surface area contributed by atoms with E-state index in [0.717, 1.165) is 120 Å². The second kappa shape index (κ2) is 32.5. The highest BCUT2D eigenvalue weighted by atomic mass is 16.6. The molecule has 0 aliphatic heterocycles. The molecule has 15 aliphatic carbocycles. The summed E-state index contributed by atoms with van der Waals surface area (Å²) >= 11 is 0. The Morgan fingerprint density at radius 1 is 0.316 bits per heavy atom. The molecule has 0 aromatic heterocycles. The molecule has 0 radical (unpaired) electrons. The SMILES string of the molecule is C.C.C.C.C.C.C.C.C.CCC(C)(C)C(=O)OC1CC2CC1C1C3CC(CC3C(=O)OC3(C)CCCC3)C21.CCC(C)(C)C(=O)OC1CC2CC1C1C3CC(CC3C(=O)OC3(C)CCCCC3)C21.CCC1(OC(=O)C2CC3CC2C2C4CC(CC4OC(=O)C(C)(C)CC)C32)CCCC1. The Morgan fingerprint density at radius 3 is 0.837 bits per heavy atom. The van der Waals surface area contributed by atoms with Gasteiger partial charge in [-0.3, -0.25) is 28.8 Å². The number of carbonyl (C=O) groups excluding carboxylic acids is 6. The summed E-state index contributed by atoms with van der Waals surface area (Å²) in [5.41, 5.74) is -1.86. The largest absolute Gasteiger partial charge is 0.462 e. The number of hydrogen-bond acceptors (Lipinski definition) is 12. The molecule has 15 aliphatic rings. The third kappa shape index (κ3) is 15.3. The van der Waals surface area contributed by atoms with Gasteiger partial charge in [-0.1, -0.05) is 101 Å². The molecule has 24 unspecified atom stereocenters. The molecular formula is C86H154O12. The summed E-state index contributed by atoms with van der Waals surface area (Å²) in [7, 11) is 0. The minimum Gasteiger partial charge on any atom is -0.462 e. The van der Waals surface area contributed by atoms with E-state index in [1.165, 1.54) is 83.5 Å². The van der Waals surface area contributed by atoms with E-state index in [9.17, 15) is 28.8 Å². The molecular weight excluding hydrogens is 1220 g/mol. The van der Waals surface area contributed by atoms with Gasteiger partial charge in [-0.15, -0.1) is 0 Å². The molecule has 15 saturated carbocycles. The molecule has 12 heteroatoms. The molecule has 98 heavy (non-hydrogen) atoms. The van der Waals surface area contributed by atoms with Gasteiger partial charge in [-0.05, 0) is 342 Å². The molecule has 0 aromatic carbocycles. The van der Waals surface area contributed by atoms with Crippen LogP contribution in [0.15, 0.2) is 0 Å². The van der Waals surface area contributed by atoms with Gasteiger partial charge in [0.1, 0.15) is 35.1 Å². The van der Waals surface area contributed by atoms with E-state index in [1.807, 2.05) is 41.5 Å². The van der Waals surface area contributed by atoms with E-state index in [0.29, 0.717) is 88.8 Å². The zero-order valence-electron chi connectivity index (χ0n) is 57.3. The highest BCUT2D eigenvalue weighted by Gasteiger charge is 2.70. The van der Waals surface area contributed by atoms with Crippen LogP contribution in [0.2, 0.25) is 0 Å². The molecule has 0 aromatic rings. The Hall–Kier alpha value is -3.18. The second-order valence-corrected chi connectivity index (χ2v) is 35.9. The summed E-state index contributed by atoms with van der Waals surface area (Å²) in [4.78, 5) is 77.7. The predicted molar refractivity (Wildman–Crippen MR) is 399 cm³/mol. The average Bonchev–Trinajstić information content (AvgIpc) is 1.56. The van der Waals surface area contributed by atoms with Crippen molar-refractivity contribution in [3.63, 3.8) is 0 Å². The van der Waals surface area contributed by atoms with Crippen LogP contribution in [0, 0.1) is 141 Å². The first-order chi connectivity index (χ1) is 42.2. The van der Waals surface area contributed by atoms with Crippen molar-refractivity contribution >= 4 is 35.8 Å². The lowest BCUT2D eigenvalue weighted by Crippen LogP contribution is -2.44. The van der Waals surface area contributed by atoms with Crippen LogP contribution in [-0.4, -0.2) is 70.9 Å². The summed E-state index contributed by atoms with van der Waals surface area (Å²) < 4.78 is 36.8. The molecule has 12 nitrogen and oxygen atoms in total. The van der Waals surface area contributed by atoms with Crippen LogP contribution in [0.4, 0.5) is 0 Å². The van der Waals surface area contributed by atoms with Gasteiger partial charge in [0, 0.05) is 0 Å². The Labute approximate surface area is 601 Å². The fourth-order valence-electron chi connectivity index (χ4n) is 24.3. The van der Waals surface area contributed by atoms with Crippen LogP contribution in [0.5, 0.6) is 0 Å². The molecule has 15 rings (SSSR count). The zero-order valence-corrected chi connectivity index (χ0v) is 57.3. The van der Waals surface area contributed by atoms with Gasteiger partial charge in [0.25, 0.3) is 0 Å². The van der Waals surface area contributed by atoms with Crippen molar-refractivity contribution in [3.05, 3.63) is 0 Å². The first-order valence-electron chi connectivity index (χ1n) is 37.5. The summed E-state index contributed by atoms with van der Waals surface area (Å²) in [6.07, 6.45) is 31.5. The van der Waals surface area contributed by atoms with Gasteiger partial charge in [-0.2, -0.15) is 0 Å². The molecule has 0 amide bonds. The van der Waals surface area contributed by atoms with E-state index in [4.69, 9.17) is 28.4 Å². The molecule has 15 fully saturated rings. The van der Waals surface area contributed by atoms with Crippen LogP contribution >= 0.6 is 0 Å². The quantitative estimate of drug-likeness (QED) is 0.0819. The lowest BCUT2D eigenvalue weighted by molar-refractivity contribution is -0.173. The van der Waals surface area contributed by atoms with Crippen molar-refractivity contribution < 1.29 is 57.2 Å². The maximum atomic E-state index is 13.3. The number of ether oxygens (including phenoxy) is 6. The van der Waals surface area contributed by atoms with E-state index in [-0.39, 0.29) is 156 Å². The molecule has 24 atom stereocenters. The first kappa shape index (κ1) is 87.2. The third-order valence-electron chi connectivity index (χ3n) is 30.0. The molecule has 570 valence electrons. The fourth-order valence-corrected chi connectivity index (χ4v) is 24.3. The number of fused-ring (bicyclic) bond motifs is 27. The van der Waals surface area contributed by atoms with E-state index in [2.05, 4.69) is 41.5 Å². The Balaban J connectivity index is 0.000000299. The van der Waals surface area contributed by atoms with Crippen molar-refractivity contribution in [2.24, 2.45) is 141 Å². The van der Waals surface area contributed by atoms with Crippen molar-refractivity contribution in [2.45, 2.75) is 371 Å². The maximum Gasteiger partial charge on any atom is 0.311 e. The Morgan fingerprint density at radius 2 is 0.561 bits per heavy atom. The highest BCUT2D eigenvalue weighted by Crippen LogP contribution is 2.72. The topological polar surface area (TPSA) is 158 Å². The second-order valence-electron chi connectivity index (χ2n) is 35.9. The van der Waals surface area contributed by atoms with Crippen molar-refractivity contribution in [1.82, 2.24) is 0 Å². The van der Waals surface area contributed by atoms with Crippen molar-refractivity contribution in [1.29, 1.82) is 0 Å². The maximum absolute atomic E-state index is 13.3. The minimum atomic E-state index is -0.405. The van der Waals surface area contributed by atoms with Crippen molar-refractivity contribution in [2.75, 3.05) is 0 Å². The van der Waals surface area contributed by atoms with Gasteiger partial charge in [0.2, 0.25) is 0 Å². The predicted octanol–water partition coefficient (Wildman–Crippen LogP) is 21.9. The Kier molecular flexibility index (Phi) is 28.9. The van der Waals surface area contributed by atoms with Crippen LogP contribution in [-0.2, 0) is 57.2 Å².